The van der Waals surface area contributed by atoms with Gasteiger partial charge in [-0.25, -0.2) is 0 Å². The number of halogens is 1. The number of hydrogen-bond acceptors (Lipinski definition) is 2. The smallest absolute Gasteiger partial charge is 0.252 e. The van der Waals surface area contributed by atoms with Crippen LogP contribution in [0.2, 0.25) is 0 Å². The Morgan fingerprint density at radius 1 is 1.28 bits per heavy atom. The largest absolute Gasteiger partial charge is 0.348 e. The highest BCUT2D eigenvalue weighted by Gasteiger charge is 2.13. The summed E-state index contributed by atoms with van der Waals surface area (Å²) in [5.41, 5.74) is 1.87. The number of hydrogen-bond donors (Lipinski definition) is 1. The number of carbonyl (C=O) groups is 1. The molecule has 1 aromatic carbocycles. The summed E-state index contributed by atoms with van der Waals surface area (Å²) in [7, 11) is 0. The van der Waals surface area contributed by atoms with E-state index in [2.05, 4.69) is 5.32 Å². The molecule has 94 valence electrons. The second-order valence-electron chi connectivity index (χ2n) is 4.03. The van der Waals surface area contributed by atoms with Gasteiger partial charge in [-0.2, -0.15) is 11.3 Å². The van der Waals surface area contributed by atoms with E-state index in [1.165, 1.54) is 16.9 Å². The molecule has 1 N–H and O–H groups in total. The third-order valence-electron chi connectivity index (χ3n) is 2.63. The predicted molar refractivity (Wildman–Crippen MR) is 76.4 cm³/mol. The van der Waals surface area contributed by atoms with Crippen LogP contribution < -0.4 is 5.32 Å². The van der Waals surface area contributed by atoms with Crippen LogP contribution in [-0.4, -0.2) is 17.8 Å². The lowest BCUT2D eigenvalue weighted by atomic mass is 10.1. The lowest BCUT2D eigenvalue weighted by molar-refractivity contribution is 0.0941. The third-order valence-corrected chi connectivity index (χ3v) is 3.69. The maximum Gasteiger partial charge on any atom is 0.252 e. The number of thiophene rings is 1. The molecular weight excluding hydrogens is 266 g/mol. The molecule has 2 aromatic rings. The minimum atomic E-state index is -0.0576. The molecule has 0 saturated carbocycles. The average Bonchev–Trinajstić information content (AvgIpc) is 2.93. The molecule has 1 aromatic heterocycles. The fraction of sp³-hybridized carbons (Fsp3) is 0.214. The summed E-state index contributed by atoms with van der Waals surface area (Å²) in [6, 6.07) is 11.8. The van der Waals surface area contributed by atoms with Gasteiger partial charge in [0.2, 0.25) is 0 Å². The van der Waals surface area contributed by atoms with Crippen LogP contribution in [0, 0.1) is 0 Å². The minimum absolute atomic E-state index is 0.0403. The van der Waals surface area contributed by atoms with Crippen LogP contribution in [-0.2, 0) is 6.42 Å². The van der Waals surface area contributed by atoms with E-state index in [1.54, 1.807) is 0 Å². The van der Waals surface area contributed by atoms with E-state index >= 15 is 0 Å². The highest BCUT2D eigenvalue weighted by atomic mass is 35.5. The van der Waals surface area contributed by atoms with Crippen molar-refractivity contribution in [2.45, 2.75) is 12.5 Å². The standard InChI is InChI=1S/C14H14ClNOS/c15-9-13(8-11-4-2-1-3-5-11)16-14(17)12-6-7-18-10-12/h1-7,10,13H,8-9H2,(H,16,17). The van der Waals surface area contributed by atoms with Crippen molar-refractivity contribution in [1.82, 2.24) is 5.32 Å². The Morgan fingerprint density at radius 3 is 2.67 bits per heavy atom. The molecule has 1 atom stereocenters. The Bertz CT molecular complexity index is 484. The molecule has 2 rings (SSSR count). The van der Waals surface area contributed by atoms with Gasteiger partial charge in [-0.05, 0) is 23.4 Å². The Kier molecular flexibility index (Phi) is 4.79. The normalized spacial score (nSPS) is 12.1. The molecule has 4 heteroatoms. The Labute approximate surface area is 116 Å². The van der Waals surface area contributed by atoms with E-state index in [0.29, 0.717) is 11.4 Å². The number of carbonyl (C=O) groups excluding carboxylic acids is 1. The first-order valence-corrected chi connectivity index (χ1v) is 7.20. The maximum absolute atomic E-state index is 11.9. The van der Waals surface area contributed by atoms with E-state index in [0.717, 1.165) is 6.42 Å². The second-order valence-corrected chi connectivity index (χ2v) is 5.12. The van der Waals surface area contributed by atoms with Crippen molar-refractivity contribution >= 4 is 28.8 Å². The summed E-state index contributed by atoms with van der Waals surface area (Å²) in [5.74, 6) is 0.350. The molecule has 18 heavy (non-hydrogen) atoms. The molecule has 0 fully saturated rings. The Balaban J connectivity index is 1.96. The molecule has 0 saturated heterocycles. The zero-order chi connectivity index (χ0) is 12.8. The molecule has 0 aliphatic heterocycles. The zero-order valence-corrected chi connectivity index (χ0v) is 11.4. The summed E-state index contributed by atoms with van der Waals surface area (Å²) < 4.78 is 0. The summed E-state index contributed by atoms with van der Waals surface area (Å²) in [5, 5.41) is 6.68. The van der Waals surface area contributed by atoms with Crippen molar-refractivity contribution in [2.75, 3.05) is 5.88 Å². The van der Waals surface area contributed by atoms with Gasteiger partial charge in [0, 0.05) is 22.9 Å². The van der Waals surface area contributed by atoms with Crippen molar-refractivity contribution in [3.63, 3.8) is 0 Å². The van der Waals surface area contributed by atoms with Gasteiger partial charge in [0.15, 0.2) is 0 Å². The first-order valence-electron chi connectivity index (χ1n) is 5.72. The van der Waals surface area contributed by atoms with Crippen molar-refractivity contribution in [3.05, 3.63) is 58.3 Å². The van der Waals surface area contributed by atoms with Crippen molar-refractivity contribution in [1.29, 1.82) is 0 Å². The van der Waals surface area contributed by atoms with Gasteiger partial charge < -0.3 is 5.32 Å². The van der Waals surface area contributed by atoms with Crippen molar-refractivity contribution in [3.8, 4) is 0 Å². The lowest BCUT2D eigenvalue weighted by Crippen LogP contribution is -2.37. The fourth-order valence-corrected chi connectivity index (χ4v) is 2.53. The molecular formula is C14H14ClNOS. The van der Waals surface area contributed by atoms with E-state index < -0.39 is 0 Å². The average molecular weight is 280 g/mol. The molecule has 1 unspecified atom stereocenters. The number of benzene rings is 1. The molecule has 2 nitrogen and oxygen atoms in total. The predicted octanol–water partition coefficient (Wildman–Crippen LogP) is 3.33. The van der Waals surface area contributed by atoms with E-state index in [1.807, 2.05) is 47.2 Å². The second kappa shape index (κ2) is 6.57. The summed E-state index contributed by atoms with van der Waals surface area (Å²) in [4.78, 5) is 11.9. The van der Waals surface area contributed by atoms with Gasteiger partial charge in [0.25, 0.3) is 5.91 Å². The fourth-order valence-electron chi connectivity index (χ4n) is 1.71. The van der Waals surface area contributed by atoms with Crippen molar-refractivity contribution in [2.24, 2.45) is 0 Å². The van der Waals surface area contributed by atoms with Crippen LogP contribution in [0.4, 0.5) is 0 Å². The van der Waals surface area contributed by atoms with Crippen LogP contribution in [0.1, 0.15) is 15.9 Å². The molecule has 1 heterocycles. The SMILES string of the molecule is O=C(NC(CCl)Cc1ccccc1)c1ccsc1. The molecule has 1 amide bonds. The van der Waals surface area contributed by atoms with Crippen molar-refractivity contribution < 1.29 is 4.79 Å². The van der Waals surface area contributed by atoms with E-state index in [-0.39, 0.29) is 11.9 Å². The maximum atomic E-state index is 11.9. The van der Waals surface area contributed by atoms with Gasteiger partial charge in [-0.15, -0.1) is 11.6 Å². The van der Waals surface area contributed by atoms with Crippen LogP contribution in [0.15, 0.2) is 47.2 Å². The summed E-state index contributed by atoms with van der Waals surface area (Å²) >= 11 is 7.42. The highest BCUT2D eigenvalue weighted by molar-refractivity contribution is 7.08. The molecule has 0 aliphatic rings. The van der Waals surface area contributed by atoms with Crippen LogP contribution >= 0.6 is 22.9 Å². The zero-order valence-electron chi connectivity index (χ0n) is 9.80. The van der Waals surface area contributed by atoms with Gasteiger partial charge in [0.05, 0.1) is 0 Å². The van der Waals surface area contributed by atoms with Gasteiger partial charge in [-0.3, -0.25) is 4.79 Å². The molecule has 0 radical (unpaired) electrons. The first kappa shape index (κ1) is 13.1. The molecule has 0 aliphatic carbocycles. The lowest BCUT2D eigenvalue weighted by Gasteiger charge is -2.15. The van der Waals surface area contributed by atoms with E-state index in [9.17, 15) is 4.79 Å². The van der Waals surface area contributed by atoms with Gasteiger partial charge in [0.1, 0.15) is 0 Å². The topological polar surface area (TPSA) is 29.1 Å². The number of rotatable bonds is 5. The molecule has 0 bridgehead atoms. The Morgan fingerprint density at radius 2 is 2.06 bits per heavy atom. The third kappa shape index (κ3) is 3.59. The number of amides is 1. The van der Waals surface area contributed by atoms with Gasteiger partial charge in [-0.1, -0.05) is 30.3 Å². The molecule has 0 spiro atoms. The van der Waals surface area contributed by atoms with Gasteiger partial charge >= 0.3 is 0 Å². The minimum Gasteiger partial charge on any atom is -0.348 e. The highest BCUT2D eigenvalue weighted by Crippen LogP contribution is 2.08. The quantitative estimate of drug-likeness (QED) is 0.836. The van der Waals surface area contributed by atoms with Crippen LogP contribution in [0.5, 0.6) is 0 Å². The first-order chi connectivity index (χ1) is 8.79. The monoisotopic (exact) mass is 279 g/mol. The summed E-state index contributed by atoms with van der Waals surface area (Å²) in [6.07, 6.45) is 0.750. The number of alkyl halides is 1. The van der Waals surface area contributed by atoms with Crippen LogP contribution in [0.3, 0.4) is 0 Å². The summed E-state index contributed by atoms with van der Waals surface area (Å²) in [6.45, 7) is 0. The van der Waals surface area contributed by atoms with Crippen LogP contribution in [0.25, 0.3) is 0 Å². The number of nitrogens with one attached hydrogen (secondary N) is 1. The Hall–Kier alpha value is -1.32. The van der Waals surface area contributed by atoms with E-state index in [4.69, 9.17) is 11.6 Å².